The molecule has 0 aromatic carbocycles. The topological polar surface area (TPSA) is 49.3 Å². The summed E-state index contributed by atoms with van der Waals surface area (Å²) in [6.07, 6.45) is 2.72. The van der Waals surface area contributed by atoms with Gasteiger partial charge in [0.1, 0.15) is 0 Å². The number of amides is 1. The van der Waals surface area contributed by atoms with Crippen LogP contribution in [0, 0.1) is 5.41 Å². The van der Waals surface area contributed by atoms with Gasteiger partial charge in [0.2, 0.25) is 5.91 Å². The predicted octanol–water partition coefficient (Wildman–Crippen LogP) is 2.46. The lowest BCUT2D eigenvalue weighted by Crippen LogP contribution is -2.34. The van der Waals surface area contributed by atoms with Crippen molar-refractivity contribution in [3.05, 3.63) is 0 Å². The van der Waals surface area contributed by atoms with Crippen molar-refractivity contribution in [3.8, 4) is 0 Å². The van der Waals surface area contributed by atoms with Crippen molar-refractivity contribution in [2.75, 3.05) is 11.9 Å². The Balaban J connectivity index is 3.59. The summed E-state index contributed by atoms with van der Waals surface area (Å²) in [5.41, 5.74) is 0.0973. The van der Waals surface area contributed by atoms with Gasteiger partial charge < -0.3 is 10.4 Å². The molecule has 16 heavy (non-hydrogen) atoms. The molecule has 0 rings (SSSR count). The van der Waals surface area contributed by atoms with Gasteiger partial charge in [0, 0.05) is 18.3 Å². The molecule has 0 bridgehead atoms. The quantitative estimate of drug-likeness (QED) is 0.560. The van der Waals surface area contributed by atoms with E-state index in [1.54, 1.807) is 0 Å². The van der Waals surface area contributed by atoms with Crippen LogP contribution in [-0.4, -0.2) is 29.0 Å². The van der Waals surface area contributed by atoms with Crippen LogP contribution in [0.4, 0.5) is 0 Å². The monoisotopic (exact) mass is 293 g/mol. The van der Waals surface area contributed by atoms with Crippen LogP contribution in [0.3, 0.4) is 0 Å². The minimum Gasteiger partial charge on any atom is -0.391 e. The van der Waals surface area contributed by atoms with Crippen molar-refractivity contribution in [1.82, 2.24) is 5.32 Å². The maximum Gasteiger partial charge on any atom is 0.220 e. The second-order valence-electron chi connectivity index (χ2n) is 5.37. The normalized spacial score (nSPS) is 13.6. The van der Waals surface area contributed by atoms with Crippen molar-refractivity contribution in [1.29, 1.82) is 0 Å². The predicted molar refractivity (Wildman–Crippen MR) is 70.7 cm³/mol. The molecule has 4 heteroatoms. The first kappa shape index (κ1) is 15.9. The fourth-order valence-electron chi connectivity index (χ4n) is 1.48. The van der Waals surface area contributed by atoms with Gasteiger partial charge in [0.05, 0.1) is 6.10 Å². The van der Waals surface area contributed by atoms with Crippen molar-refractivity contribution in [3.63, 3.8) is 0 Å². The SMILES string of the molecule is CC(C)(C)CC(O)CNC(=O)CCCCBr. The second kappa shape index (κ2) is 8.07. The van der Waals surface area contributed by atoms with E-state index >= 15 is 0 Å². The number of carbonyl (C=O) groups is 1. The number of aliphatic hydroxyl groups excluding tert-OH is 1. The molecular weight excluding hydrogens is 270 g/mol. The standard InChI is InChI=1S/C12H24BrNO2/c1-12(2,3)8-10(15)9-14-11(16)6-4-5-7-13/h10,15H,4-9H2,1-3H3,(H,14,16). The first-order valence-corrected chi connectivity index (χ1v) is 6.98. The van der Waals surface area contributed by atoms with Crippen LogP contribution in [0.5, 0.6) is 0 Å². The summed E-state index contributed by atoms with van der Waals surface area (Å²) in [5, 5.41) is 13.4. The first-order chi connectivity index (χ1) is 7.35. The molecule has 1 amide bonds. The van der Waals surface area contributed by atoms with Gasteiger partial charge in [-0.25, -0.2) is 0 Å². The summed E-state index contributed by atoms with van der Waals surface area (Å²) in [7, 11) is 0. The molecule has 0 aliphatic carbocycles. The second-order valence-corrected chi connectivity index (χ2v) is 6.16. The van der Waals surface area contributed by atoms with Gasteiger partial charge in [-0.05, 0) is 24.7 Å². The molecule has 0 aliphatic rings. The van der Waals surface area contributed by atoms with E-state index in [4.69, 9.17) is 0 Å². The Hall–Kier alpha value is -0.0900. The number of halogens is 1. The Morgan fingerprint density at radius 1 is 1.38 bits per heavy atom. The van der Waals surface area contributed by atoms with Gasteiger partial charge in [-0.3, -0.25) is 4.79 Å². The minimum absolute atomic E-state index is 0.0360. The Kier molecular flexibility index (Phi) is 8.02. The smallest absolute Gasteiger partial charge is 0.220 e. The van der Waals surface area contributed by atoms with Crippen LogP contribution in [0.2, 0.25) is 0 Å². The highest BCUT2D eigenvalue weighted by atomic mass is 79.9. The van der Waals surface area contributed by atoms with Crippen LogP contribution >= 0.6 is 15.9 Å². The van der Waals surface area contributed by atoms with Crippen molar-refractivity contribution < 1.29 is 9.90 Å². The lowest BCUT2D eigenvalue weighted by Gasteiger charge is -2.22. The lowest BCUT2D eigenvalue weighted by molar-refractivity contribution is -0.121. The fourth-order valence-corrected chi connectivity index (χ4v) is 1.88. The summed E-state index contributed by atoms with van der Waals surface area (Å²) in [5.74, 6) is 0.0360. The Morgan fingerprint density at radius 3 is 2.50 bits per heavy atom. The molecule has 0 spiro atoms. The van der Waals surface area contributed by atoms with E-state index in [0.717, 1.165) is 18.2 Å². The molecule has 2 N–H and O–H groups in total. The van der Waals surface area contributed by atoms with E-state index in [0.29, 0.717) is 19.4 Å². The highest BCUT2D eigenvalue weighted by molar-refractivity contribution is 9.09. The minimum atomic E-state index is -0.444. The van der Waals surface area contributed by atoms with E-state index < -0.39 is 6.10 Å². The van der Waals surface area contributed by atoms with Gasteiger partial charge in [-0.1, -0.05) is 36.7 Å². The summed E-state index contributed by atoms with van der Waals surface area (Å²) >= 11 is 3.32. The summed E-state index contributed by atoms with van der Waals surface area (Å²) in [4.78, 5) is 11.4. The maximum absolute atomic E-state index is 11.4. The van der Waals surface area contributed by atoms with Gasteiger partial charge in [0.15, 0.2) is 0 Å². The number of alkyl halides is 1. The van der Waals surface area contributed by atoms with E-state index in [1.165, 1.54) is 0 Å². The first-order valence-electron chi connectivity index (χ1n) is 5.86. The summed E-state index contributed by atoms with van der Waals surface area (Å²) < 4.78 is 0. The number of unbranched alkanes of at least 4 members (excludes halogenated alkanes) is 1. The number of rotatable bonds is 7. The zero-order valence-electron chi connectivity index (χ0n) is 10.6. The molecule has 0 fully saturated rings. The molecule has 0 aromatic heterocycles. The average molecular weight is 294 g/mol. The van der Waals surface area contributed by atoms with Crippen LogP contribution in [0.15, 0.2) is 0 Å². The molecule has 0 saturated carbocycles. The number of carbonyl (C=O) groups excluding carboxylic acids is 1. The van der Waals surface area contributed by atoms with Crippen LogP contribution < -0.4 is 5.32 Å². The van der Waals surface area contributed by atoms with E-state index in [-0.39, 0.29) is 11.3 Å². The number of hydrogen-bond donors (Lipinski definition) is 2. The Labute approximate surface area is 107 Å². The number of nitrogens with one attached hydrogen (secondary N) is 1. The zero-order valence-corrected chi connectivity index (χ0v) is 12.1. The fraction of sp³-hybridized carbons (Fsp3) is 0.917. The van der Waals surface area contributed by atoms with Gasteiger partial charge in [-0.15, -0.1) is 0 Å². The number of hydrogen-bond acceptors (Lipinski definition) is 2. The van der Waals surface area contributed by atoms with Crippen LogP contribution in [0.25, 0.3) is 0 Å². The van der Waals surface area contributed by atoms with Gasteiger partial charge in [-0.2, -0.15) is 0 Å². The molecule has 3 nitrogen and oxygen atoms in total. The third kappa shape index (κ3) is 10.4. The van der Waals surface area contributed by atoms with Crippen molar-refractivity contribution in [2.24, 2.45) is 5.41 Å². The zero-order chi connectivity index (χ0) is 12.6. The van der Waals surface area contributed by atoms with E-state index in [9.17, 15) is 9.90 Å². The van der Waals surface area contributed by atoms with Crippen LogP contribution in [-0.2, 0) is 4.79 Å². The maximum atomic E-state index is 11.4. The molecule has 96 valence electrons. The number of aliphatic hydroxyl groups is 1. The van der Waals surface area contributed by atoms with Gasteiger partial charge >= 0.3 is 0 Å². The molecule has 0 aromatic rings. The molecule has 0 radical (unpaired) electrons. The molecule has 0 heterocycles. The lowest BCUT2D eigenvalue weighted by atomic mass is 9.89. The third-order valence-electron chi connectivity index (χ3n) is 2.17. The molecular formula is C12H24BrNO2. The molecule has 1 unspecified atom stereocenters. The highest BCUT2D eigenvalue weighted by Crippen LogP contribution is 2.20. The van der Waals surface area contributed by atoms with Crippen molar-refractivity contribution >= 4 is 21.8 Å². The van der Waals surface area contributed by atoms with Gasteiger partial charge in [0.25, 0.3) is 0 Å². The molecule has 0 aliphatic heterocycles. The summed E-state index contributed by atoms with van der Waals surface area (Å²) in [6, 6.07) is 0. The van der Waals surface area contributed by atoms with E-state index in [2.05, 4.69) is 42.0 Å². The highest BCUT2D eigenvalue weighted by Gasteiger charge is 2.16. The van der Waals surface area contributed by atoms with Crippen molar-refractivity contribution in [2.45, 2.75) is 52.6 Å². The van der Waals surface area contributed by atoms with E-state index in [1.807, 2.05) is 0 Å². The largest absolute Gasteiger partial charge is 0.391 e. The molecule has 1 atom stereocenters. The Bertz CT molecular complexity index is 202. The molecule has 0 saturated heterocycles. The summed E-state index contributed by atoms with van der Waals surface area (Å²) in [6.45, 7) is 6.60. The third-order valence-corrected chi connectivity index (χ3v) is 2.73. The average Bonchev–Trinajstić information content (AvgIpc) is 2.12. The van der Waals surface area contributed by atoms with Crippen LogP contribution in [0.1, 0.15) is 46.5 Å². The Morgan fingerprint density at radius 2 is 2.00 bits per heavy atom.